The molecule has 2 amide bonds. The van der Waals surface area contributed by atoms with Crippen molar-refractivity contribution in [3.8, 4) is 0 Å². The minimum atomic E-state index is -1.01. The van der Waals surface area contributed by atoms with Gasteiger partial charge in [0.2, 0.25) is 0 Å². The molecule has 6 heteroatoms. The van der Waals surface area contributed by atoms with Gasteiger partial charge >= 0.3 is 12.0 Å². The van der Waals surface area contributed by atoms with Crippen molar-refractivity contribution in [1.82, 2.24) is 10.2 Å². The summed E-state index contributed by atoms with van der Waals surface area (Å²) in [7, 11) is 0. The summed E-state index contributed by atoms with van der Waals surface area (Å²) < 4.78 is 5.39. The first-order valence-corrected chi connectivity index (χ1v) is 6.72. The molecule has 0 aromatic heterocycles. The van der Waals surface area contributed by atoms with Crippen molar-refractivity contribution in [2.75, 3.05) is 19.7 Å². The summed E-state index contributed by atoms with van der Waals surface area (Å²) in [6.45, 7) is 8.47. The summed E-state index contributed by atoms with van der Waals surface area (Å²) >= 11 is 0. The van der Waals surface area contributed by atoms with Crippen molar-refractivity contribution >= 4 is 12.0 Å². The summed E-state index contributed by atoms with van der Waals surface area (Å²) in [5.74, 6) is -1.01. The van der Waals surface area contributed by atoms with Crippen molar-refractivity contribution < 1.29 is 19.4 Å². The van der Waals surface area contributed by atoms with Gasteiger partial charge < -0.3 is 20.1 Å². The Hall–Kier alpha value is -1.30. The molecule has 0 aromatic rings. The van der Waals surface area contributed by atoms with Gasteiger partial charge in [0.1, 0.15) is 6.54 Å². The zero-order valence-electron chi connectivity index (χ0n) is 12.3. The number of carboxylic acid groups (broad SMARTS) is 1. The number of unbranched alkanes of at least 4 members (excludes halogenated alkanes) is 1. The van der Waals surface area contributed by atoms with Crippen LogP contribution in [0.15, 0.2) is 0 Å². The third-order valence-electron chi connectivity index (χ3n) is 2.49. The predicted octanol–water partition coefficient (Wildman–Crippen LogP) is 1.70. The first-order chi connectivity index (χ1) is 8.84. The SMILES string of the molecule is CC(C)OCCCCNC(=O)N(CC(=O)O)C(C)C. The van der Waals surface area contributed by atoms with E-state index in [1.165, 1.54) is 4.90 Å². The van der Waals surface area contributed by atoms with Gasteiger partial charge in [0.05, 0.1) is 6.10 Å². The summed E-state index contributed by atoms with van der Waals surface area (Å²) in [6.07, 6.45) is 1.91. The van der Waals surface area contributed by atoms with E-state index in [1.54, 1.807) is 13.8 Å². The molecule has 0 aliphatic heterocycles. The normalized spacial score (nSPS) is 10.8. The van der Waals surface area contributed by atoms with Crippen molar-refractivity contribution in [2.45, 2.75) is 52.7 Å². The van der Waals surface area contributed by atoms with Crippen LogP contribution in [0.4, 0.5) is 4.79 Å². The molecule has 0 saturated carbocycles. The zero-order chi connectivity index (χ0) is 14.8. The Balaban J connectivity index is 3.84. The van der Waals surface area contributed by atoms with Crippen molar-refractivity contribution in [3.63, 3.8) is 0 Å². The second-order valence-corrected chi connectivity index (χ2v) is 4.97. The van der Waals surface area contributed by atoms with E-state index < -0.39 is 5.97 Å². The molecule has 0 atom stereocenters. The highest BCUT2D eigenvalue weighted by Gasteiger charge is 2.18. The van der Waals surface area contributed by atoms with Crippen LogP contribution in [-0.4, -0.2) is 53.8 Å². The van der Waals surface area contributed by atoms with Gasteiger partial charge in [-0.1, -0.05) is 0 Å². The zero-order valence-corrected chi connectivity index (χ0v) is 12.3. The number of ether oxygens (including phenoxy) is 1. The van der Waals surface area contributed by atoms with Crippen LogP contribution in [0.25, 0.3) is 0 Å². The molecule has 112 valence electrons. The number of carboxylic acids is 1. The maximum Gasteiger partial charge on any atom is 0.323 e. The fourth-order valence-electron chi connectivity index (χ4n) is 1.48. The highest BCUT2D eigenvalue weighted by atomic mass is 16.5. The van der Waals surface area contributed by atoms with E-state index >= 15 is 0 Å². The highest BCUT2D eigenvalue weighted by molar-refractivity contribution is 5.80. The van der Waals surface area contributed by atoms with Crippen LogP contribution in [0.5, 0.6) is 0 Å². The van der Waals surface area contributed by atoms with Crippen LogP contribution in [0.3, 0.4) is 0 Å². The molecule has 0 rings (SSSR count). The lowest BCUT2D eigenvalue weighted by Gasteiger charge is -2.25. The quantitative estimate of drug-likeness (QED) is 0.627. The average molecular weight is 274 g/mol. The monoisotopic (exact) mass is 274 g/mol. The fraction of sp³-hybridized carbons (Fsp3) is 0.846. The number of hydrogen-bond acceptors (Lipinski definition) is 3. The third-order valence-corrected chi connectivity index (χ3v) is 2.49. The summed E-state index contributed by atoms with van der Waals surface area (Å²) in [4.78, 5) is 23.7. The maximum absolute atomic E-state index is 11.8. The van der Waals surface area contributed by atoms with Crippen molar-refractivity contribution in [2.24, 2.45) is 0 Å². The van der Waals surface area contributed by atoms with Gasteiger partial charge in [-0.15, -0.1) is 0 Å². The topological polar surface area (TPSA) is 78.9 Å². The molecule has 0 radical (unpaired) electrons. The smallest absolute Gasteiger partial charge is 0.323 e. The molecule has 0 aliphatic rings. The minimum Gasteiger partial charge on any atom is -0.480 e. The summed E-state index contributed by atoms with van der Waals surface area (Å²) in [5.41, 5.74) is 0. The number of hydrogen-bond donors (Lipinski definition) is 2. The number of aliphatic carboxylic acids is 1. The largest absolute Gasteiger partial charge is 0.480 e. The molecular weight excluding hydrogens is 248 g/mol. The molecule has 0 aromatic carbocycles. The third kappa shape index (κ3) is 9.30. The Bertz CT molecular complexity index is 280. The molecule has 19 heavy (non-hydrogen) atoms. The lowest BCUT2D eigenvalue weighted by atomic mass is 10.3. The molecule has 0 saturated heterocycles. The first kappa shape index (κ1) is 17.7. The summed E-state index contributed by atoms with van der Waals surface area (Å²) in [5, 5.41) is 11.5. The number of urea groups is 1. The molecule has 6 nitrogen and oxygen atoms in total. The van der Waals surface area contributed by atoms with E-state index in [-0.39, 0.29) is 24.7 Å². The average Bonchev–Trinajstić information content (AvgIpc) is 2.29. The van der Waals surface area contributed by atoms with Crippen molar-refractivity contribution in [3.05, 3.63) is 0 Å². The van der Waals surface area contributed by atoms with Crippen LogP contribution in [0.1, 0.15) is 40.5 Å². The number of amides is 2. The Morgan fingerprint density at radius 1 is 1.21 bits per heavy atom. The molecule has 0 unspecified atom stereocenters. The van der Waals surface area contributed by atoms with Crippen LogP contribution in [0, 0.1) is 0 Å². The Labute approximate surface area is 115 Å². The number of nitrogens with zero attached hydrogens (tertiary/aromatic N) is 1. The van der Waals surface area contributed by atoms with Crippen molar-refractivity contribution in [1.29, 1.82) is 0 Å². The maximum atomic E-state index is 11.8. The van der Waals surface area contributed by atoms with Gasteiger partial charge in [-0.2, -0.15) is 0 Å². The number of carbonyl (C=O) groups is 2. The van der Waals surface area contributed by atoms with Gasteiger partial charge in [-0.05, 0) is 40.5 Å². The van der Waals surface area contributed by atoms with E-state index in [0.29, 0.717) is 13.2 Å². The molecule has 0 spiro atoms. The van der Waals surface area contributed by atoms with E-state index in [1.807, 2.05) is 13.8 Å². The van der Waals surface area contributed by atoms with E-state index in [0.717, 1.165) is 12.8 Å². The Morgan fingerprint density at radius 2 is 1.84 bits per heavy atom. The molecule has 0 fully saturated rings. The number of nitrogens with one attached hydrogen (secondary N) is 1. The fourth-order valence-corrected chi connectivity index (χ4v) is 1.48. The molecular formula is C13H26N2O4. The van der Waals surface area contributed by atoms with E-state index in [2.05, 4.69) is 5.32 Å². The van der Waals surface area contributed by atoms with Gasteiger partial charge in [0.25, 0.3) is 0 Å². The van der Waals surface area contributed by atoms with Crippen LogP contribution in [-0.2, 0) is 9.53 Å². The summed E-state index contributed by atoms with van der Waals surface area (Å²) in [6, 6.07) is -0.470. The van der Waals surface area contributed by atoms with Crippen LogP contribution >= 0.6 is 0 Å². The Morgan fingerprint density at radius 3 is 2.32 bits per heavy atom. The first-order valence-electron chi connectivity index (χ1n) is 6.72. The molecule has 0 heterocycles. The van der Waals surface area contributed by atoms with Gasteiger partial charge in [0.15, 0.2) is 0 Å². The molecule has 0 aliphatic carbocycles. The lowest BCUT2D eigenvalue weighted by molar-refractivity contribution is -0.138. The second kappa shape index (κ2) is 9.61. The second-order valence-electron chi connectivity index (χ2n) is 4.97. The molecule has 2 N–H and O–H groups in total. The molecule has 0 bridgehead atoms. The van der Waals surface area contributed by atoms with Crippen LogP contribution in [0.2, 0.25) is 0 Å². The van der Waals surface area contributed by atoms with Gasteiger partial charge in [-0.25, -0.2) is 4.79 Å². The predicted molar refractivity (Wildman–Crippen MR) is 73.2 cm³/mol. The number of carbonyl (C=O) groups excluding carboxylic acids is 1. The highest BCUT2D eigenvalue weighted by Crippen LogP contribution is 1.99. The minimum absolute atomic E-state index is 0.139. The van der Waals surface area contributed by atoms with E-state index in [9.17, 15) is 9.59 Å². The Kier molecular flexibility index (Phi) is 8.95. The van der Waals surface area contributed by atoms with Gasteiger partial charge in [0, 0.05) is 19.2 Å². The standard InChI is InChI=1S/C13H26N2O4/c1-10(2)15(9-12(16)17)13(18)14-7-5-6-8-19-11(3)4/h10-11H,5-9H2,1-4H3,(H,14,18)(H,16,17). The van der Waals surface area contributed by atoms with Crippen LogP contribution < -0.4 is 5.32 Å². The van der Waals surface area contributed by atoms with E-state index in [4.69, 9.17) is 9.84 Å². The number of rotatable bonds is 9. The lowest BCUT2D eigenvalue weighted by Crippen LogP contribution is -2.46. The van der Waals surface area contributed by atoms with Gasteiger partial charge in [-0.3, -0.25) is 4.79 Å².